The number of benzene rings is 3. The van der Waals surface area contributed by atoms with Gasteiger partial charge in [0.2, 0.25) is 0 Å². The fraction of sp³-hybridized carbons (Fsp3) is 0.219. The zero-order chi connectivity index (χ0) is 30.1. The molecule has 0 fully saturated rings. The second-order valence-electron chi connectivity index (χ2n) is 9.76. The van der Waals surface area contributed by atoms with E-state index in [1.165, 1.54) is 41.2 Å². The first kappa shape index (κ1) is 29.9. The molecule has 0 spiro atoms. The van der Waals surface area contributed by atoms with Gasteiger partial charge in [-0.2, -0.15) is 4.68 Å². The molecule has 0 aliphatic carbocycles. The highest BCUT2D eigenvalue weighted by Crippen LogP contribution is 2.34. The Labute approximate surface area is 244 Å². The van der Waals surface area contributed by atoms with E-state index in [0.717, 1.165) is 27.8 Å². The maximum atomic E-state index is 11.4. The molecule has 0 radical (unpaired) electrons. The van der Waals surface area contributed by atoms with E-state index < -0.39 is 11.6 Å². The molecule has 2 heterocycles. The van der Waals surface area contributed by atoms with Gasteiger partial charge in [-0.3, -0.25) is 4.79 Å². The van der Waals surface area contributed by atoms with Gasteiger partial charge in [-0.25, -0.2) is 14.2 Å². The Morgan fingerprint density at radius 1 is 0.905 bits per heavy atom. The first-order valence-corrected chi connectivity index (χ1v) is 13.6. The van der Waals surface area contributed by atoms with Crippen molar-refractivity contribution < 1.29 is 9.53 Å². The number of aryl methyl sites for hydroxylation is 1. The second-order valence-corrected chi connectivity index (χ2v) is 9.76. The van der Waals surface area contributed by atoms with Crippen molar-refractivity contribution in [2.24, 2.45) is 12.8 Å². The monoisotopic (exact) mass is 565 g/mol. The average Bonchev–Trinajstić information content (AvgIpc) is 3.45. The molecule has 0 unspecified atom stereocenters. The molecule has 0 aliphatic heterocycles. The van der Waals surface area contributed by atoms with Crippen LogP contribution in [0.15, 0.2) is 96.1 Å². The van der Waals surface area contributed by atoms with Crippen molar-refractivity contribution in [1.82, 2.24) is 29.3 Å². The molecule has 10 heteroatoms. The third-order valence-corrected chi connectivity index (χ3v) is 6.52. The fourth-order valence-corrected chi connectivity index (χ4v) is 4.40. The summed E-state index contributed by atoms with van der Waals surface area (Å²) in [6, 6.07) is 29.8. The van der Waals surface area contributed by atoms with Crippen LogP contribution in [0.3, 0.4) is 0 Å². The van der Waals surface area contributed by atoms with Crippen molar-refractivity contribution in [3.8, 4) is 5.75 Å². The summed E-state index contributed by atoms with van der Waals surface area (Å²) >= 11 is 0. The minimum atomic E-state index is -0.741. The van der Waals surface area contributed by atoms with Gasteiger partial charge in [-0.15, -0.1) is 5.10 Å². The SMILES string of the molecule is CC/C(=C(\c1ccccc1)c1ccc(OCCN(C)C)cc1)c1ccccc1.Cn1nnc2c(C(N)=O)ncn2c1=O. The molecule has 5 rings (SSSR count). The number of imidazole rings is 1. The summed E-state index contributed by atoms with van der Waals surface area (Å²) in [5.74, 6) is 0.172. The Hall–Kier alpha value is -5.09. The summed E-state index contributed by atoms with van der Waals surface area (Å²) in [7, 11) is 5.55. The van der Waals surface area contributed by atoms with Crippen LogP contribution in [0.5, 0.6) is 5.75 Å². The highest BCUT2D eigenvalue weighted by Gasteiger charge is 2.14. The number of aromatic nitrogens is 5. The third kappa shape index (κ3) is 7.15. The Kier molecular flexibility index (Phi) is 9.96. The maximum absolute atomic E-state index is 11.4. The Morgan fingerprint density at radius 3 is 2.07 bits per heavy atom. The molecule has 0 atom stereocenters. The third-order valence-electron chi connectivity index (χ3n) is 6.52. The minimum Gasteiger partial charge on any atom is -0.492 e. The lowest BCUT2D eigenvalue weighted by Gasteiger charge is -2.17. The molecule has 2 N–H and O–H groups in total. The average molecular weight is 566 g/mol. The van der Waals surface area contributed by atoms with Crippen LogP contribution in [0.25, 0.3) is 16.8 Å². The molecule has 10 nitrogen and oxygen atoms in total. The Bertz CT molecular complexity index is 1710. The van der Waals surface area contributed by atoms with E-state index in [1.54, 1.807) is 0 Å². The number of ether oxygens (including phenoxy) is 1. The van der Waals surface area contributed by atoms with Crippen LogP contribution in [0.1, 0.15) is 40.5 Å². The van der Waals surface area contributed by atoms with Crippen molar-refractivity contribution in [1.29, 1.82) is 0 Å². The molecule has 0 saturated carbocycles. The van der Waals surface area contributed by atoms with E-state index >= 15 is 0 Å². The smallest absolute Gasteiger partial charge is 0.352 e. The molecule has 3 aromatic carbocycles. The van der Waals surface area contributed by atoms with Gasteiger partial charge >= 0.3 is 5.69 Å². The van der Waals surface area contributed by atoms with Crippen LogP contribution in [0, 0.1) is 0 Å². The van der Waals surface area contributed by atoms with E-state index in [-0.39, 0.29) is 11.3 Å². The molecular weight excluding hydrogens is 530 g/mol. The Balaban J connectivity index is 0.000000241. The van der Waals surface area contributed by atoms with E-state index in [2.05, 4.69) is 126 Å². The van der Waals surface area contributed by atoms with E-state index in [1.807, 2.05) is 0 Å². The lowest BCUT2D eigenvalue weighted by molar-refractivity contribution is 0.0997. The van der Waals surface area contributed by atoms with Crippen LogP contribution in [0.2, 0.25) is 0 Å². The number of nitrogens with zero attached hydrogens (tertiary/aromatic N) is 6. The summed E-state index contributed by atoms with van der Waals surface area (Å²) in [6.07, 6.45) is 2.15. The molecule has 0 saturated heterocycles. The van der Waals surface area contributed by atoms with Gasteiger partial charge in [-0.05, 0) is 60.5 Å². The summed E-state index contributed by atoms with van der Waals surface area (Å²) in [4.78, 5) is 28.0. The molecule has 0 aliphatic rings. The van der Waals surface area contributed by atoms with Gasteiger partial charge in [0.05, 0.1) is 0 Å². The number of nitrogens with two attached hydrogens (primary N) is 1. The molecular formula is C32H35N7O3. The molecule has 2 aromatic heterocycles. The number of primary amides is 1. The van der Waals surface area contributed by atoms with E-state index in [9.17, 15) is 9.59 Å². The van der Waals surface area contributed by atoms with Crippen LogP contribution < -0.4 is 16.2 Å². The number of hydrogen-bond donors (Lipinski definition) is 1. The highest BCUT2D eigenvalue weighted by atomic mass is 16.5. The predicted octanol–water partition coefficient (Wildman–Crippen LogP) is 3.92. The van der Waals surface area contributed by atoms with Crippen molar-refractivity contribution >= 4 is 22.7 Å². The van der Waals surface area contributed by atoms with Crippen LogP contribution in [-0.4, -0.2) is 62.4 Å². The quantitative estimate of drug-likeness (QED) is 0.269. The number of fused-ring (bicyclic) bond motifs is 1. The summed E-state index contributed by atoms with van der Waals surface area (Å²) < 4.78 is 8.00. The lowest BCUT2D eigenvalue weighted by atomic mass is 9.88. The maximum Gasteiger partial charge on any atom is 0.352 e. The number of carbonyl (C=O) groups is 1. The number of amides is 1. The summed E-state index contributed by atoms with van der Waals surface area (Å²) in [6.45, 7) is 3.83. The van der Waals surface area contributed by atoms with E-state index in [4.69, 9.17) is 10.5 Å². The number of rotatable bonds is 9. The van der Waals surface area contributed by atoms with E-state index in [0.29, 0.717) is 6.61 Å². The standard InChI is InChI=1S/C26H29NO.C6H6N6O2/c1-4-25(21-11-7-5-8-12-21)26(22-13-9-6-10-14-22)23-15-17-24(18-16-23)28-20-19-27(2)3;1-11-6(14)12-2-8-3(4(7)13)5(12)9-10-11/h5-18H,4,19-20H2,1-3H3;2H,1H3,(H2,7,13)/b26-25-;. The normalized spacial score (nSPS) is 11.5. The first-order valence-electron chi connectivity index (χ1n) is 13.6. The molecule has 1 amide bonds. The second kappa shape index (κ2) is 14.0. The summed E-state index contributed by atoms with van der Waals surface area (Å²) in [5.41, 5.74) is 11.0. The van der Waals surface area contributed by atoms with Gasteiger partial charge < -0.3 is 15.4 Å². The topological polar surface area (TPSA) is 121 Å². The van der Waals surface area contributed by atoms with Crippen molar-refractivity contribution in [2.45, 2.75) is 13.3 Å². The number of likely N-dealkylation sites (N-methyl/N-ethyl adjacent to an activating group) is 1. The van der Waals surface area contributed by atoms with Crippen molar-refractivity contribution in [3.63, 3.8) is 0 Å². The molecule has 216 valence electrons. The number of hydrogen-bond acceptors (Lipinski definition) is 7. The number of allylic oxidation sites excluding steroid dienone is 1. The van der Waals surface area contributed by atoms with Crippen LogP contribution in [-0.2, 0) is 7.05 Å². The van der Waals surface area contributed by atoms with Crippen LogP contribution >= 0.6 is 0 Å². The van der Waals surface area contributed by atoms with Crippen LogP contribution in [0.4, 0.5) is 0 Å². The lowest BCUT2D eigenvalue weighted by Crippen LogP contribution is -2.27. The molecule has 5 aromatic rings. The van der Waals surface area contributed by atoms with Gasteiger partial charge in [-0.1, -0.05) is 84.9 Å². The first-order chi connectivity index (χ1) is 20.3. The fourth-order valence-electron chi connectivity index (χ4n) is 4.40. The largest absolute Gasteiger partial charge is 0.492 e. The zero-order valence-corrected chi connectivity index (χ0v) is 24.3. The van der Waals surface area contributed by atoms with Gasteiger partial charge in [0.25, 0.3) is 5.91 Å². The summed E-state index contributed by atoms with van der Waals surface area (Å²) in [5, 5.41) is 7.14. The number of carbonyl (C=O) groups excluding carboxylic acids is 1. The van der Waals surface area contributed by atoms with Gasteiger partial charge in [0.15, 0.2) is 11.3 Å². The van der Waals surface area contributed by atoms with Gasteiger partial charge in [0.1, 0.15) is 18.7 Å². The van der Waals surface area contributed by atoms with Crippen molar-refractivity contribution in [2.75, 3.05) is 27.2 Å². The molecule has 0 bridgehead atoms. The molecule has 42 heavy (non-hydrogen) atoms. The zero-order valence-electron chi connectivity index (χ0n) is 24.3. The minimum absolute atomic E-state index is 0.0600. The van der Waals surface area contributed by atoms with Crippen molar-refractivity contribution in [3.05, 3.63) is 124 Å². The van der Waals surface area contributed by atoms with Gasteiger partial charge in [0, 0.05) is 13.6 Å². The predicted molar refractivity (Wildman–Crippen MR) is 164 cm³/mol. The highest BCUT2D eigenvalue weighted by molar-refractivity contribution is 5.98. The Morgan fingerprint density at radius 2 is 1.50 bits per heavy atom.